The second-order valence-corrected chi connectivity index (χ2v) is 13.6. The van der Waals surface area contributed by atoms with Crippen molar-refractivity contribution in [2.75, 3.05) is 26.2 Å². The predicted octanol–water partition coefficient (Wildman–Crippen LogP) is 4.29. The van der Waals surface area contributed by atoms with Gasteiger partial charge in [-0.15, -0.1) is 0 Å². The summed E-state index contributed by atoms with van der Waals surface area (Å²) in [6, 6.07) is 15.1. The summed E-state index contributed by atoms with van der Waals surface area (Å²) >= 11 is 0. The SMILES string of the molecule is CC(NC(=O)[C@H]1CCCN1C(=O)[C@@H]1C[C@@H](O)CN1C(=O)CC(c1ccc(F)cc1)(c1ccc(F)cc1)c1ccc(F)cc1)C1CCNCC1. The van der Waals surface area contributed by atoms with Gasteiger partial charge in [0.1, 0.15) is 29.5 Å². The first-order valence-electron chi connectivity index (χ1n) is 17.1. The maximum absolute atomic E-state index is 14.5. The van der Waals surface area contributed by atoms with E-state index in [0.29, 0.717) is 42.0 Å². The highest BCUT2D eigenvalue weighted by Gasteiger charge is 2.47. The monoisotopic (exact) mass is 676 g/mol. The molecule has 3 saturated heterocycles. The molecule has 0 bridgehead atoms. The molecule has 11 heteroatoms. The van der Waals surface area contributed by atoms with Crippen molar-refractivity contribution in [2.45, 2.75) is 75.1 Å². The van der Waals surface area contributed by atoms with Gasteiger partial charge >= 0.3 is 0 Å². The van der Waals surface area contributed by atoms with Crippen LogP contribution in [0.2, 0.25) is 0 Å². The zero-order chi connectivity index (χ0) is 34.7. The Bertz CT molecular complexity index is 1520. The van der Waals surface area contributed by atoms with E-state index in [1.165, 1.54) is 77.7 Å². The molecule has 49 heavy (non-hydrogen) atoms. The zero-order valence-electron chi connectivity index (χ0n) is 27.6. The van der Waals surface area contributed by atoms with Gasteiger partial charge in [-0.05, 0) is 105 Å². The van der Waals surface area contributed by atoms with Gasteiger partial charge in [-0.25, -0.2) is 13.2 Å². The van der Waals surface area contributed by atoms with Crippen molar-refractivity contribution in [3.63, 3.8) is 0 Å². The van der Waals surface area contributed by atoms with Crippen LogP contribution in [-0.2, 0) is 19.8 Å². The molecule has 260 valence electrons. The molecule has 0 aromatic heterocycles. The largest absolute Gasteiger partial charge is 0.391 e. The molecule has 0 spiro atoms. The number of β-amino-alcohol motifs (C(OH)–C–C–N with tert-alkyl or cyclic N) is 1. The van der Waals surface area contributed by atoms with Crippen LogP contribution in [0.15, 0.2) is 72.8 Å². The summed E-state index contributed by atoms with van der Waals surface area (Å²) < 4.78 is 42.6. The van der Waals surface area contributed by atoms with Crippen molar-refractivity contribution in [3.8, 4) is 0 Å². The molecule has 3 aromatic rings. The molecule has 0 saturated carbocycles. The van der Waals surface area contributed by atoms with E-state index in [2.05, 4.69) is 10.6 Å². The lowest BCUT2D eigenvalue weighted by atomic mass is 9.67. The summed E-state index contributed by atoms with van der Waals surface area (Å²) in [5.74, 6) is -2.23. The Labute approximate surface area is 284 Å². The minimum Gasteiger partial charge on any atom is -0.391 e. The molecule has 6 rings (SSSR count). The van der Waals surface area contributed by atoms with Gasteiger partial charge in [-0.2, -0.15) is 0 Å². The maximum atomic E-state index is 14.5. The molecule has 3 amide bonds. The number of carbonyl (C=O) groups excluding carboxylic acids is 3. The average Bonchev–Trinajstić information content (AvgIpc) is 3.76. The number of halogens is 3. The molecule has 3 N–H and O–H groups in total. The maximum Gasteiger partial charge on any atom is 0.246 e. The standard InChI is InChI=1S/C38H43F3N4O4/c1-24(25-16-18-42-19-17-25)43-36(48)33-3-2-20-44(33)37(49)34-21-32(46)23-45(34)35(47)22-38(26-4-10-29(39)11-5-26,27-6-12-30(40)13-7-27)28-8-14-31(41)15-9-28/h4-15,24-25,32-34,42,46H,2-3,16-23H2,1H3,(H,43,48)/t24?,32-,33-,34+/m1/s1. The second kappa shape index (κ2) is 14.7. The first-order valence-corrected chi connectivity index (χ1v) is 17.1. The molecule has 3 aromatic carbocycles. The Hall–Kier alpha value is -4.22. The third-order valence-corrected chi connectivity index (χ3v) is 10.6. The summed E-state index contributed by atoms with van der Waals surface area (Å²) in [7, 11) is 0. The molecule has 0 aliphatic carbocycles. The summed E-state index contributed by atoms with van der Waals surface area (Å²) in [5, 5.41) is 17.3. The minimum absolute atomic E-state index is 0.0114. The highest BCUT2D eigenvalue weighted by molar-refractivity contribution is 5.93. The Balaban J connectivity index is 1.30. The molecule has 3 fully saturated rings. The lowest BCUT2D eigenvalue weighted by molar-refractivity contribution is -0.147. The fraction of sp³-hybridized carbons (Fsp3) is 0.447. The van der Waals surface area contributed by atoms with E-state index in [1.807, 2.05) is 6.92 Å². The number of aliphatic hydroxyl groups excluding tert-OH is 1. The number of hydrogen-bond acceptors (Lipinski definition) is 5. The number of amides is 3. The van der Waals surface area contributed by atoms with Crippen LogP contribution in [0, 0.1) is 23.4 Å². The first kappa shape index (κ1) is 34.6. The van der Waals surface area contributed by atoms with Crippen molar-refractivity contribution in [1.82, 2.24) is 20.4 Å². The highest BCUT2D eigenvalue weighted by atomic mass is 19.1. The van der Waals surface area contributed by atoms with E-state index in [9.17, 15) is 32.7 Å². The van der Waals surface area contributed by atoms with Gasteiger partial charge in [-0.3, -0.25) is 14.4 Å². The number of likely N-dealkylation sites (tertiary alicyclic amines) is 2. The van der Waals surface area contributed by atoms with E-state index in [0.717, 1.165) is 25.9 Å². The summed E-state index contributed by atoms with van der Waals surface area (Å²) in [6.45, 7) is 4.06. The first-order chi connectivity index (χ1) is 23.6. The summed E-state index contributed by atoms with van der Waals surface area (Å²) in [6.07, 6.45) is 1.81. The molecular formula is C38H43F3N4O4. The molecule has 3 aliphatic heterocycles. The van der Waals surface area contributed by atoms with Crippen molar-refractivity contribution in [2.24, 2.45) is 5.92 Å². The van der Waals surface area contributed by atoms with Crippen molar-refractivity contribution in [1.29, 1.82) is 0 Å². The molecule has 8 nitrogen and oxygen atoms in total. The van der Waals surface area contributed by atoms with Crippen LogP contribution in [-0.4, -0.2) is 83.0 Å². The Morgan fingerprint density at radius 2 is 1.33 bits per heavy atom. The van der Waals surface area contributed by atoms with E-state index >= 15 is 0 Å². The number of hydrogen-bond donors (Lipinski definition) is 3. The molecule has 4 atom stereocenters. The zero-order valence-corrected chi connectivity index (χ0v) is 27.6. The van der Waals surface area contributed by atoms with Gasteiger partial charge in [0.2, 0.25) is 17.7 Å². The number of benzene rings is 3. The van der Waals surface area contributed by atoms with Crippen LogP contribution in [0.4, 0.5) is 13.2 Å². The molecular weight excluding hydrogens is 633 g/mol. The third-order valence-electron chi connectivity index (χ3n) is 10.6. The Morgan fingerprint density at radius 3 is 1.84 bits per heavy atom. The van der Waals surface area contributed by atoms with E-state index in [1.54, 1.807) is 4.90 Å². The molecule has 1 unspecified atom stereocenters. The number of nitrogens with one attached hydrogen (secondary N) is 2. The van der Waals surface area contributed by atoms with Gasteiger partial charge in [0, 0.05) is 32.0 Å². The van der Waals surface area contributed by atoms with Crippen LogP contribution in [0.25, 0.3) is 0 Å². The molecule has 0 radical (unpaired) electrons. The number of carbonyl (C=O) groups is 3. The predicted molar refractivity (Wildman–Crippen MR) is 178 cm³/mol. The van der Waals surface area contributed by atoms with Crippen molar-refractivity contribution in [3.05, 3.63) is 107 Å². The van der Waals surface area contributed by atoms with Crippen LogP contribution in [0.1, 0.15) is 62.1 Å². The summed E-state index contributed by atoms with van der Waals surface area (Å²) in [5.41, 5.74) is 0.167. The molecule has 3 heterocycles. The summed E-state index contributed by atoms with van der Waals surface area (Å²) in [4.78, 5) is 45.2. The van der Waals surface area contributed by atoms with Gasteiger partial charge in [0.15, 0.2) is 0 Å². The topological polar surface area (TPSA) is 102 Å². The van der Waals surface area contributed by atoms with E-state index < -0.39 is 52.9 Å². The van der Waals surface area contributed by atoms with Crippen molar-refractivity contribution < 1.29 is 32.7 Å². The quantitative estimate of drug-likeness (QED) is 0.294. The number of aliphatic hydroxyl groups is 1. The minimum atomic E-state index is -1.34. The number of piperidine rings is 1. The fourth-order valence-electron chi connectivity index (χ4n) is 7.94. The second-order valence-electron chi connectivity index (χ2n) is 13.6. The van der Waals surface area contributed by atoms with Crippen molar-refractivity contribution >= 4 is 17.7 Å². The van der Waals surface area contributed by atoms with Crippen LogP contribution in [0.5, 0.6) is 0 Å². The lowest BCUT2D eigenvalue weighted by Gasteiger charge is -2.38. The lowest BCUT2D eigenvalue weighted by Crippen LogP contribution is -2.55. The fourth-order valence-corrected chi connectivity index (χ4v) is 7.94. The Morgan fingerprint density at radius 1 is 0.816 bits per heavy atom. The van der Waals surface area contributed by atoms with Gasteiger partial charge < -0.3 is 25.5 Å². The highest BCUT2D eigenvalue weighted by Crippen LogP contribution is 2.44. The van der Waals surface area contributed by atoms with Crippen LogP contribution in [0.3, 0.4) is 0 Å². The molecule has 3 aliphatic rings. The van der Waals surface area contributed by atoms with E-state index in [-0.39, 0.29) is 31.3 Å². The number of nitrogens with zero attached hydrogens (tertiary/aromatic N) is 2. The smallest absolute Gasteiger partial charge is 0.246 e. The third kappa shape index (κ3) is 7.23. The Kier molecular flexibility index (Phi) is 10.4. The van der Waals surface area contributed by atoms with Crippen LogP contribution >= 0.6 is 0 Å². The number of rotatable bonds is 9. The van der Waals surface area contributed by atoms with Gasteiger partial charge in [-0.1, -0.05) is 36.4 Å². The van der Waals surface area contributed by atoms with Gasteiger partial charge in [0.05, 0.1) is 11.5 Å². The van der Waals surface area contributed by atoms with Gasteiger partial charge in [0.25, 0.3) is 0 Å². The normalized spacial score (nSPS) is 22.3. The van der Waals surface area contributed by atoms with Crippen LogP contribution < -0.4 is 10.6 Å². The average molecular weight is 677 g/mol. The van der Waals surface area contributed by atoms with E-state index in [4.69, 9.17) is 0 Å².